The Kier molecular flexibility index (Phi) is 9.07. The van der Waals surface area contributed by atoms with Gasteiger partial charge < -0.3 is 14.5 Å². The zero-order chi connectivity index (χ0) is 44.4. The summed E-state index contributed by atoms with van der Waals surface area (Å²) in [6.07, 6.45) is 12.5. The molecule has 3 heteroatoms. The maximum absolute atomic E-state index is 6.73. The number of rotatable bonds is 6. The van der Waals surface area contributed by atoms with Crippen molar-refractivity contribution in [3.63, 3.8) is 0 Å². The molecule has 0 amide bonds. The Hall–Kier alpha value is -6.32. The van der Waals surface area contributed by atoms with E-state index in [4.69, 9.17) is 4.74 Å². The van der Waals surface area contributed by atoms with Crippen molar-refractivity contribution in [1.29, 1.82) is 0 Å². The molecule has 0 spiro atoms. The minimum absolute atomic E-state index is 0.0295. The third-order valence-corrected chi connectivity index (χ3v) is 15.1. The van der Waals surface area contributed by atoms with Gasteiger partial charge in [0.2, 0.25) is 0 Å². The van der Waals surface area contributed by atoms with Crippen LogP contribution in [0.15, 0.2) is 163 Å². The van der Waals surface area contributed by atoms with Gasteiger partial charge in [0.1, 0.15) is 11.4 Å². The molecule has 0 radical (unpaired) electrons. The first-order valence-corrected chi connectivity index (χ1v) is 23.5. The normalized spacial score (nSPS) is 20.9. The average molecular weight is 837 g/mol. The van der Waals surface area contributed by atoms with Crippen molar-refractivity contribution in [3.05, 3.63) is 202 Å². The molecular weight excluding hydrogens is 777 g/mol. The third-order valence-electron chi connectivity index (χ3n) is 15.1. The number of hydrogen-bond acceptors (Lipinski definition) is 3. The third kappa shape index (κ3) is 5.92. The predicted molar refractivity (Wildman–Crippen MR) is 269 cm³/mol. The van der Waals surface area contributed by atoms with E-state index in [0.717, 1.165) is 34.9 Å². The smallest absolute Gasteiger partial charge is 0.135 e. The summed E-state index contributed by atoms with van der Waals surface area (Å²) in [4.78, 5) is 5.03. The van der Waals surface area contributed by atoms with Gasteiger partial charge in [-0.3, -0.25) is 0 Å². The molecule has 0 N–H and O–H groups in total. The van der Waals surface area contributed by atoms with E-state index in [0.29, 0.717) is 17.8 Å². The molecule has 3 atom stereocenters. The van der Waals surface area contributed by atoms with E-state index in [-0.39, 0.29) is 10.8 Å². The van der Waals surface area contributed by atoms with Crippen LogP contribution in [0.5, 0.6) is 5.75 Å². The fourth-order valence-corrected chi connectivity index (χ4v) is 12.1. The summed E-state index contributed by atoms with van der Waals surface area (Å²) in [6, 6.07) is 45.5. The Morgan fingerprint density at radius 3 is 2.28 bits per heavy atom. The second-order valence-electron chi connectivity index (χ2n) is 20.9. The van der Waals surface area contributed by atoms with Gasteiger partial charge in [0.05, 0.1) is 5.69 Å². The first kappa shape index (κ1) is 40.5. The Bertz CT molecular complexity index is 3050. The summed E-state index contributed by atoms with van der Waals surface area (Å²) < 4.78 is 6.73. The minimum Gasteiger partial charge on any atom is -0.482 e. The number of ether oxygens (including phenoxy) is 1. The van der Waals surface area contributed by atoms with Crippen molar-refractivity contribution in [1.82, 2.24) is 0 Å². The fraction of sp³-hybridized carbons (Fsp3) is 0.279. The molecule has 6 aromatic rings. The van der Waals surface area contributed by atoms with Gasteiger partial charge in [-0.25, -0.2) is 0 Å². The lowest BCUT2D eigenvalue weighted by molar-refractivity contribution is 0.169. The summed E-state index contributed by atoms with van der Waals surface area (Å²) in [7, 11) is 0. The van der Waals surface area contributed by atoms with Crippen molar-refractivity contribution >= 4 is 28.3 Å². The van der Waals surface area contributed by atoms with E-state index in [1.54, 1.807) is 0 Å². The van der Waals surface area contributed by atoms with Crippen LogP contribution in [-0.4, -0.2) is 5.60 Å². The van der Waals surface area contributed by atoms with E-state index >= 15 is 0 Å². The van der Waals surface area contributed by atoms with E-state index in [9.17, 15) is 0 Å². The van der Waals surface area contributed by atoms with Crippen LogP contribution in [0.3, 0.4) is 0 Å². The van der Waals surface area contributed by atoms with Crippen LogP contribution >= 0.6 is 0 Å². The molecule has 320 valence electrons. The molecule has 0 saturated heterocycles. The molecule has 64 heavy (non-hydrogen) atoms. The Morgan fingerprint density at radius 1 is 0.766 bits per heavy atom. The number of para-hydroxylation sites is 3. The number of nitrogens with zero attached hydrogens (tertiary/aromatic N) is 2. The molecule has 5 aliphatic rings. The van der Waals surface area contributed by atoms with Crippen molar-refractivity contribution in [3.8, 4) is 28.0 Å². The lowest BCUT2D eigenvalue weighted by atomic mass is 9.74. The highest BCUT2D eigenvalue weighted by Crippen LogP contribution is 2.59. The topological polar surface area (TPSA) is 15.7 Å². The molecule has 0 fully saturated rings. The highest BCUT2D eigenvalue weighted by molar-refractivity contribution is 5.99. The van der Waals surface area contributed by atoms with Crippen LogP contribution in [0.25, 0.3) is 27.8 Å². The number of hydrogen-bond donors (Lipinski definition) is 0. The Morgan fingerprint density at radius 2 is 1.48 bits per heavy atom. The van der Waals surface area contributed by atoms with Crippen molar-refractivity contribution in [2.24, 2.45) is 5.92 Å². The van der Waals surface area contributed by atoms with Crippen LogP contribution in [0.1, 0.15) is 120 Å². The maximum atomic E-state index is 6.73. The first-order valence-electron chi connectivity index (χ1n) is 23.5. The molecule has 0 bridgehead atoms. The summed E-state index contributed by atoms with van der Waals surface area (Å²) in [5.41, 5.74) is 22.9. The highest BCUT2D eigenvalue weighted by atomic mass is 16.5. The average Bonchev–Trinajstić information content (AvgIpc) is 3.85. The molecule has 2 heterocycles. The Labute approximate surface area is 381 Å². The van der Waals surface area contributed by atoms with Gasteiger partial charge >= 0.3 is 0 Å². The van der Waals surface area contributed by atoms with Gasteiger partial charge in [-0.15, -0.1) is 0 Å². The minimum atomic E-state index is -0.432. The summed E-state index contributed by atoms with van der Waals surface area (Å²) >= 11 is 0. The second kappa shape index (κ2) is 14.3. The first-order chi connectivity index (χ1) is 30.7. The number of allylic oxidation sites excluding steroid dienone is 5. The fourth-order valence-electron chi connectivity index (χ4n) is 12.1. The van der Waals surface area contributed by atoms with Gasteiger partial charge in [0.25, 0.3) is 0 Å². The van der Waals surface area contributed by atoms with E-state index < -0.39 is 5.60 Å². The molecule has 6 aromatic carbocycles. The quantitative estimate of drug-likeness (QED) is 0.166. The van der Waals surface area contributed by atoms with Crippen molar-refractivity contribution < 1.29 is 4.74 Å². The van der Waals surface area contributed by atoms with Gasteiger partial charge in [-0.05, 0) is 130 Å². The molecule has 3 nitrogen and oxygen atoms in total. The lowest BCUT2D eigenvalue weighted by Gasteiger charge is -2.35. The van der Waals surface area contributed by atoms with Gasteiger partial charge in [-0.2, -0.15) is 0 Å². The summed E-state index contributed by atoms with van der Waals surface area (Å²) in [5, 5.41) is 0. The zero-order valence-corrected chi connectivity index (χ0v) is 39.2. The summed E-state index contributed by atoms with van der Waals surface area (Å²) in [5.74, 6) is 2.04. The van der Waals surface area contributed by atoms with Crippen LogP contribution in [0, 0.1) is 12.8 Å². The van der Waals surface area contributed by atoms with Crippen molar-refractivity contribution in [2.45, 2.75) is 104 Å². The van der Waals surface area contributed by atoms with Gasteiger partial charge in [0, 0.05) is 62.9 Å². The monoisotopic (exact) mass is 836 g/mol. The highest BCUT2D eigenvalue weighted by Gasteiger charge is 2.44. The van der Waals surface area contributed by atoms with Crippen LogP contribution < -0.4 is 14.5 Å². The van der Waals surface area contributed by atoms with Crippen LogP contribution in [-0.2, 0) is 10.8 Å². The molecule has 0 saturated carbocycles. The zero-order valence-electron chi connectivity index (χ0n) is 39.2. The maximum Gasteiger partial charge on any atom is 0.135 e. The Balaban J connectivity index is 1.14. The molecule has 11 rings (SSSR count). The number of anilines is 4. The standard InChI is InChI=1S/C61H60N2O/c1-37(2)55-39(4)48(59(5,6)7)36-50-58(55)57-44(26-19-27-47(57)60(50,8)9)43-23-11-14-28-51(43)62(42-32-33-61(10)49(35-42)45-24-13-16-31-54(45)64-61)40-21-18-22-41(34-40)63-52-29-15-12-25-46(52)56-38(3)20-17-30-53(56)63/h11-32,34-38,56H,33H2,1-10H3. The molecular formula is C61H60N2O. The second-order valence-corrected chi connectivity index (χ2v) is 20.9. The molecule has 3 unspecified atom stereocenters. The molecule has 3 aliphatic carbocycles. The van der Waals surface area contributed by atoms with E-state index in [2.05, 4.69) is 231 Å². The SMILES string of the molecule is Cc1c(C(C)(C)C)cc2c(c1C(C)C)-c1c(-c3ccccc3N(C3=CCC4(C)Oc5ccccc5C4=C3)c3cccc(N4C5=CC=CC(C)C5c5ccccc54)c3)cccc1C2(C)C. The van der Waals surface area contributed by atoms with E-state index in [1.165, 1.54) is 78.2 Å². The summed E-state index contributed by atoms with van der Waals surface area (Å²) in [6.45, 7) is 23.7. The number of fused-ring (bicyclic) bond motifs is 9. The molecule has 2 aliphatic heterocycles. The predicted octanol–water partition coefficient (Wildman–Crippen LogP) is 16.4. The molecule has 0 aromatic heterocycles. The van der Waals surface area contributed by atoms with E-state index in [1.807, 2.05) is 0 Å². The van der Waals surface area contributed by atoms with Gasteiger partial charge in [0.15, 0.2) is 0 Å². The van der Waals surface area contributed by atoms with Crippen LogP contribution in [0.2, 0.25) is 0 Å². The number of benzene rings is 6. The lowest BCUT2D eigenvalue weighted by Crippen LogP contribution is -2.32. The largest absolute Gasteiger partial charge is 0.482 e. The van der Waals surface area contributed by atoms with Gasteiger partial charge in [-0.1, -0.05) is 159 Å². The van der Waals surface area contributed by atoms with Crippen LogP contribution in [0.4, 0.5) is 22.7 Å². The van der Waals surface area contributed by atoms with Crippen molar-refractivity contribution in [2.75, 3.05) is 9.80 Å².